The summed E-state index contributed by atoms with van der Waals surface area (Å²) < 4.78 is 50.1. The van der Waals surface area contributed by atoms with E-state index in [1.54, 1.807) is 46.2 Å². The van der Waals surface area contributed by atoms with Gasteiger partial charge in [-0.3, -0.25) is 19.1 Å². The molecule has 1 aromatic heterocycles. The Kier molecular flexibility index (Phi) is 11.6. The molecule has 1 saturated heterocycles. The van der Waals surface area contributed by atoms with Crippen molar-refractivity contribution in [2.75, 3.05) is 26.9 Å². The highest BCUT2D eigenvalue weighted by Crippen LogP contribution is 2.38. The molecule has 0 unspecified atom stereocenters. The number of ether oxygens (including phenoxy) is 4. The van der Waals surface area contributed by atoms with Crippen LogP contribution in [0.25, 0.3) is 10.8 Å². The van der Waals surface area contributed by atoms with Crippen LogP contribution in [0.4, 0.5) is 4.79 Å². The number of benzene rings is 1. The Morgan fingerprint density at radius 2 is 1.84 bits per heavy atom. The number of rotatable bonds is 16. The highest BCUT2D eigenvalue weighted by atomic mass is 32.2. The lowest BCUT2D eigenvalue weighted by atomic mass is 10.1. The number of alkyl carbamates (subject to hydrolysis) is 1. The Morgan fingerprint density at radius 1 is 1.10 bits per heavy atom. The van der Waals surface area contributed by atoms with Gasteiger partial charge in [0, 0.05) is 24.6 Å². The van der Waals surface area contributed by atoms with E-state index in [9.17, 15) is 27.6 Å². The Morgan fingerprint density at radius 3 is 2.49 bits per heavy atom. The van der Waals surface area contributed by atoms with Gasteiger partial charge in [-0.05, 0) is 82.5 Å². The van der Waals surface area contributed by atoms with Gasteiger partial charge < -0.3 is 34.5 Å². The minimum atomic E-state index is -3.84. The standard InChI is InChI=1S/C35H49N5O10S/c1-6-7-8-17-48-21-27(37-33(44)50-34(2,3)4)31(42)40-20-24(49-30-26-12-9-23(47-5)18-22(26)13-16-36-30)19-28(40)29(41)38-35(14-15-35)32(43)39-51(45,46)25-10-11-25/h9,12-13,16,18,24-25,27-28H,6-8,10-11,14-15,17,19-21H2,1-5H3,(H,37,44)(H,38,41)(H,39,43)/t24-,27+,28+/m1/s1. The molecule has 15 nitrogen and oxygen atoms in total. The molecule has 3 atom stereocenters. The molecule has 1 aromatic carbocycles. The van der Waals surface area contributed by atoms with Crippen LogP contribution in [0.5, 0.6) is 11.6 Å². The maximum Gasteiger partial charge on any atom is 0.408 e. The number of hydrogen-bond acceptors (Lipinski definition) is 11. The summed E-state index contributed by atoms with van der Waals surface area (Å²) in [6.07, 6.45) is 4.16. The zero-order chi connectivity index (χ0) is 37.0. The summed E-state index contributed by atoms with van der Waals surface area (Å²) in [5.41, 5.74) is -2.25. The number of pyridine rings is 1. The van der Waals surface area contributed by atoms with Crippen molar-refractivity contribution in [3.8, 4) is 11.6 Å². The van der Waals surface area contributed by atoms with Crippen LogP contribution in [-0.4, -0.2) is 104 Å². The first-order valence-corrected chi connectivity index (χ1v) is 19.0. The molecule has 5 rings (SSSR count). The highest BCUT2D eigenvalue weighted by Gasteiger charge is 2.55. The Labute approximate surface area is 298 Å². The third-order valence-corrected chi connectivity index (χ3v) is 10.8. The summed E-state index contributed by atoms with van der Waals surface area (Å²) >= 11 is 0. The van der Waals surface area contributed by atoms with Crippen molar-refractivity contribution in [1.82, 2.24) is 25.2 Å². The van der Waals surface area contributed by atoms with E-state index in [1.807, 2.05) is 12.1 Å². The largest absolute Gasteiger partial charge is 0.497 e. The smallest absolute Gasteiger partial charge is 0.408 e. The van der Waals surface area contributed by atoms with E-state index in [2.05, 4.69) is 27.3 Å². The van der Waals surface area contributed by atoms with Crippen molar-refractivity contribution in [2.45, 2.75) is 114 Å². The van der Waals surface area contributed by atoms with Crippen molar-refractivity contribution in [3.05, 3.63) is 30.5 Å². The normalized spacial score (nSPS) is 20.3. The third-order valence-electron chi connectivity index (χ3n) is 8.97. The molecule has 4 amide bonds. The zero-order valence-electron chi connectivity index (χ0n) is 29.9. The van der Waals surface area contributed by atoms with Gasteiger partial charge in [-0.1, -0.05) is 19.8 Å². The van der Waals surface area contributed by atoms with Crippen molar-refractivity contribution in [3.63, 3.8) is 0 Å². The van der Waals surface area contributed by atoms with Crippen LogP contribution in [0, 0.1) is 0 Å². The lowest BCUT2D eigenvalue weighted by molar-refractivity contribution is -0.142. The summed E-state index contributed by atoms with van der Waals surface area (Å²) in [6.45, 7) is 7.29. The third kappa shape index (κ3) is 9.79. The summed E-state index contributed by atoms with van der Waals surface area (Å²) in [5.74, 6) is -1.12. The molecule has 0 radical (unpaired) electrons. The number of carbonyl (C=O) groups excluding carboxylic acids is 4. The maximum atomic E-state index is 14.3. The highest BCUT2D eigenvalue weighted by molar-refractivity contribution is 7.91. The van der Waals surface area contributed by atoms with Gasteiger partial charge in [-0.2, -0.15) is 0 Å². The number of unbranched alkanes of at least 4 members (excludes halogenated alkanes) is 2. The fourth-order valence-corrected chi connectivity index (χ4v) is 7.28. The Bertz CT molecular complexity index is 1720. The SMILES string of the molecule is CCCCCOC[C@H](NC(=O)OC(C)(C)C)C(=O)N1C[C@H](Oc2nccc3cc(OC)ccc23)C[C@H]1C(=O)NC1(C(=O)NS(=O)(=O)C2CC2)CC1. The van der Waals surface area contributed by atoms with Crippen LogP contribution in [0.3, 0.4) is 0 Å². The Hall–Kier alpha value is -4.18. The maximum absolute atomic E-state index is 14.3. The molecule has 3 fully saturated rings. The predicted molar refractivity (Wildman–Crippen MR) is 187 cm³/mol. The van der Waals surface area contributed by atoms with Crippen molar-refractivity contribution in [1.29, 1.82) is 0 Å². The number of likely N-dealkylation sites (tertiary alicyclic amines) is 1. The summed E-state index contributed by atoms with van der Waals surface area (Å²) in [6, 6.07) is 4.88. The quantitative estimate of drug-likeness (QED) is 0.215. The molecule has 2 aromatic rings. The lowest BCUT2D eigenvalue weighted by Gasteiger charge is -2.30. The van der Waals surface area contributed by atoms with Gasteiger partial charge in [0.25, 0.3) is 5.91 Å². The molecular formula is C35H49N5O10S. The molecule has 0 spiro atoms. The first kappa shape index (κ1) is 38.1. The van der Waals surface area contributed by atoms with E-state index in [4.69, 9.17) is 18.9 Å². The lowest BCUT2D eigenvalue weighted by Crippen LogP contribution is -2.58. The van der Waals surface area contributed by atoms with Crippen LogP contribution < -0.4 is 24.8 Å². The molecule has 1 aliphatic heterocycles. The fourth-order valence-electron chi connectivity index (χ4n) is 5.90. The number of carbonyl (C=O) groups is 4. The van der Waals surface area contributed by atoms with Crippen molar-refractivity contribution in [2.24, 2.45) is 0 Å². The fraction of sp³-hybridized carbons (Fsp3) is 0.629. The van der Waals surface area contributed by atoms with Crippen LogP contribution in [0.15, 0.2) is 30.5 Å². The van der Waals surface area contributed by atoms with Gasteiger partial charge in [0.1, 0.15) is 35.1 Å². The zero-order valence-corrected chi connectivity index (χ0v) is 30.7. The van der Waals surface area contributed by atoms with Gasteiger partial charge >= 0.3 is 6.09 Å². The van der Waals surface area contributed by atoms with E-state index < -0.39 is 68.4 Å². The molecule has 280 valence electrons. The average molecular weight is 732 g/mol. The number of sulfonamides is 1. The molecular weight excluding hydrogens is 682 g/mol. The summed E-state index contributed by atoms with van der Waals surface area (Å²) in [7, 11) is -2.27. The average Bonchev–Trinajstić information content (AvgIpc) is 4.01. The summed E-state index contributed by atoms with van der Waals surface area (Å²) in [5, 5.41) is 6.25. The van der Waals surface area contributed by atoms with E-state index in [0.717, 1.165) is 24.6 Å². The molecule has 16 heteroatoms. The van der Waals surface area contributed by atoms with Gasteiger partial charge in [0.2, 0.25) is 27.7 Å². The van der Waals surface area contributed by atoms with E-state index in [1.165, 1.54) is 4.90 Å². The van der Waals surface area contributed by atoms with Gasteiger partial charge in [0.05, 0.1) is 25.5 Å². The van der Waals surface area contributed by atoms with Crippen molar-refractivity contribution >= 4 is 44.6 Å². The number of fused-ring (bicyclic) bond motifs is 1. The number of aromatic nitrogens is 1. The molecule has 51 heavy (non-hydrogen) atoms. The number of nitrogens with one attached hydrogen (secondary N) is 3. The van der Waals surface area contributed by atoms with Gasteiger partial charge in [-0.15, -0.1) is 0 Å². The van der Waals surface area contributed by atoms with Crippen molar-refractivity contribution < 1.29 is 46.5 Å². The number of hydrogen-bond donors (Lipinski definition) is 3. The molecule has 3 aliphatic rings. The van der Waals surface area contributed by atoms with Crippen LogP contribution in [0.2, 0.25) is 0 Å². The second-order valence-corrected chi connectivity index (χ2v) is 16.4. The van der Waals surface area contributed by atoms with E-state index >= 15 is 0 Å². The van der Waals surface area contributed by atoms with Gasteiger partial charge in [0.15, 0.2) is 0 Å². The van der Waals surface area contributed by atoms with Gasteiger partial charge in [-0.25, -0.2) is 18.2 Å². The van der Waals surface area contributed by atoms with E-state index in [-0.39, 0.29) is 32.4 Å². The van der Waals surface area contributed by atoms with E-state index in [0.29, 0.717) is 36.5 Å². The number of nitrogens with zero attached hydrogens (tertiary/aromatic N) is 2. The van der Waals surface area contributed by atoms with Crippen LogP contribution in [-0.2, 0) is 33.9 Å². The minimum absolute atomic E-state index is 0.0282. The Balaban J connectivity index is 1.39. The monoisotopic (exact) mass is 731 g/mol. The second kappa shape index (κ2) is 15.6. The first-order valence-electron chi connectivity index (χ1n) is 17.5. The molecule has 2 aliphatic carbocycles. The summed E-state index contributed by atoms with van der Waals surface area (Å²) in [4.78, 5) is 60.1. The molecule has 2 saturated carbocycles. The van der Waals surface area contributed by atoms with Crippen LogP contribution >= 0.6 is 0 Å². The number of amides is 4. The molecule has 2 heterocycles. The molecule has 3 N–H and O–H groups in total. The topological polar surface area (TPSA) is 192 Å². The minimum Gasteiger partial charge on any atom is -0.497 e. The molecule has 0 bridgehead atoms. The predicted octanol–water partition coefficient (Wildman–Crippen LogP) is 2.95. The number of methoxy groups -OCH3 is 1. The van der Waals surface area contributed by atoms with Crippen LogP contribution in [0.1, 0.15) is 79.1 Å². The first-order chi connectivity index (χ1) is 24.1. The second-order valence-electron chi connectivity index (χ2n) is 14.4.